The van der Waals surface area contributed by atoms with Crippen LogP contribution in [0.2, 0.25) is 0 Å². The maximum absolute atomic E-state index is 12.0. The summed E-state index contributed by atoms with van der Waals surface area (Å²) in [6.07, 6.45) is 1.89. The van der Waals surface area contributed by atoms with Gasteiger partial charge in [0.2, 0.25) is 17.7 Å². The van der Waals surface area contributed by atoms with Gasteiger partial charge in [-0.2, -0.15) is 0 Å². The summed E-state index contributed by atoms with van der Waals surface area (Å²) in [5.41, 5.74) is 1.81. The maximum Gasteiger partial charge on any atom is 0.249 e. The molecule has 0 bridgehead atoms. The first-order valence-electron chi connectivity index (χ1n) is 7.22. The first kappa shape index (κ1) is 14.3. The number of nitrogens with one attached hydrogen (secondary N) is 1. The first-order valence-corrected chi connectivity index (χ1v) is 7.22. The molecule has 0 unspecified atom stereocenters. The van der Waals surface area contributed by atoms with Gasteiger partial charge in [-0.15, -0.1) is 10.2 Å². The summed E-state index contributed by atoms with van der Waals surface area (Å²) in [6.45, 7) is 5.90. The predicted octanol–water partition coefficient (Wildman–Crippen LogP) is 2.52. The van der Waals surface area contributed by atoms with Gasteiger partial charge in [0, 0.05) is 30.1 Å². The van der Waals surface area contributed by atoms with Crippen molar-refractivity contribution < 1.29 is 9.21 Å². The zero-order valence-corrected chi connectivity index (χ0v) is 12.8. The largest absolute Gasteiger partial charge is 0.421 e. The molecule has 0 aliphatic carbocycles. The van der Waals surface area contributed by atoms with E-state index < -0.39 is 0 Å². The van der Waals surface area contributed by atoms with Crippen LogP contribution < -0.4 is 5.32 Å². The number of fused-ring (bicyclic) bond motifs is 1. The summed E-state index contributed by atoms with van der Waals surface area (Å²) in [5.74, 6) is 0.963. The zero-order chi connectivity index (χ0) is 15.7. The van der Waals surface area contributed by atoms with Crippen molar-refractivity contribution in [3.63, 3.8) is 0 Å². The number of para-hydroxylation sites is 1. The minimum absolute atomic E-state index is 0.0241. The van der Waals surface area contributed by atoms with Crippen LogP contribution in [0.5, 0.6) is 0 Å². The van der Waals surface area contributed by atoms with Gasteiger partial charge in [-0.25, -0.2) is 0 Å². The standard InChI is InChI=1S/C16H18N4O2/c1-10(2)17-15(21)9-20-8-13(16-19-18-11(3)22-16)12-6-4-5-7-14(12)20/h4-8,10H,9H2,1-3H3,(H,17,21). The van der Waals surface area contributed by atoms with Gasteiger partial charge in [0.15, 0.2) is 0 Å². The van der Waals surface area contributed by atoms with Crippen LogP contribution >= 0.6 is 0 Å². The van der Waals surface area contributed by atoms with Crippen molar-refractivity contribution in [3.8, 4) is 11.5 Å². The number of hydrogen-bond donors (Lipinski definition) is 1. The number of aryl methyl sites for hydroxylation is 1. The summed E-state index contributed by atoms with van der Waals surface area (Å²) in [6, 6.07) is 7.98. The van der Waals surface area contributed by atoms with E-state index in [1.807, 2.05) is 48.9 Å². The summed E-state index contributed by atoms with van der Waals surface area (Å²) in [5, 5.41) is 11.8. The molecule has 0 saturated heterocycles. The summed E-state index contributed by atoms with van der Waals surface area (Å²) < 4.78 is 7.43. The van der Waals surface area contributed by atoms with Crippen molar-refractivity contribution >= 4 is 16.8 Å². The normalized spacial score (nSPS) is 11.3. The van der Waals surface area contributed by atoms with Crippen LogP contribution in [0.25, 0.3) is 22.4 Å². The highest BCUT2D eigenvalue weighted by atomic mass is 16.4. The third kappa shape index (κ3) is 2.72. The molecule has 22 heavy (non-hydrogen) atoms. The second-order valence-corrected chi connectivity index (χ2v) is 5.54. The van der Waals surface area contributed by atoms with Gasteiger partial charge in [-0.3, -0.25) is 4.79 Å². The molecule has 1 aromatic carbocycles. The lowest BCUT2D eigenvalue weighted by molar-refractivity contribution is -0.122. The highest BCUT2D eigenvalue weighted by Gasteiger charge is 2.16. The molecule has 0 fully saturated rings. The van der Waals surface area contributed by atoms with E-state index in [1.54, 1.807) is 6.92 Å². The lowest BCUT2D eigenvalue weighted by Crippen LogP contribution is -2.32. The van der Waals surface area contributed by atoms with E-state index in [9.17, 15) is 4.79 Å². The highest BCUT2D eigenvalue weighted by molar-refractivity contribution is 5.94. The Morgan fingerprint density at radius 2 is 2.09 bits per heavy atom. The molecule has 3 rings (SSSR count). The number of nitrogens with zero attached hydrogens (tertiary/aromatic N) is 3. The van der Waals surface area contributed by atoms with Crippen LogP contribution in [0.1, 0.15) is 19.7 Å². The first-order chi connectivity index (χ1) is 10.5. The molecule has 0 aliphatic heterocycles. The van der Waals surface area contributed by atoms with Crippen molar-refractivity contribution in [1.29, 1.82) is 0 Å². The van der Waals surface area contributed by atoms with Gasteiger partial charge >= 0.3 is 0 Å². The van der Waals surface area contributed by atoms with Crippen LogP contribution in [-0.2, 0) is 11.3 Å². The molecule has 114 valence electrons. The molecule has 6 heteroatoms. The van der Waals surface area contributed by atoms with Crippen LogP contribution in [0.15, 0.2) is 34.9 Å². The summed E-state index contributed by atoms with van der Waals surface area (Å²) in [4.78, 5) is 12.0. The Balaban J connectivity index is 2.03. The van der Waals surface area contributed by atoms with Crippen LogP contribution in [0, 0.1) is 6.92 Å². The molecular formula is C16H18N4O2. The quantitative estimate of drug-likeness (QED) is 0.803. The minimum Gasteiger partial charge on any atom is -0.421 e. The number of amides is 1. The van der Waals surface area contributed by atoms with Crippen molar-refractivity contribution in [2.75, 3.05) is 0 Å². The molecule has 3 aromatic rings. The predicted molar refractivity (Wildman–Crippen MR) is 83.2 cm³/mol. The van der Waals surface area contributed by atoms with Gasteiger partial charge in [0.25, 0.3) is 0 Å². The average molecular weight is 298 g/mol. The Bertz CT molecular complexity index is 817. The fraction of sp³-hybridized carbons (Fsp3) is 0.312. The fourth-order valence-electron chi connectivity index (χ4n) is 2.48. The van der Waals surface area contributed by atoms with Crippen molar-refractivity contribution in [3.05, 3.63) is 36.4 Å². The third-order valence-electron chi connectivity index (χ3n) is 3.31. The third-order valence-corrected chi connectivity index (χ3v) is 3.31. The topological polar surface area (TPSA) is 73.0 Å². The number of aromatic nitrogens is 3. The van der Waals surface area contributed by atoms with Crippen LogP contribution in [-0.4, -0.2) is 26.7 Å². The molecule has 1 N–H and O–H groups in total. The van der Waals surface area contributed by atoms with E-state index in [1.165, 1.54) is 0 Å². The van der Waals surface area contributed by atoms with E-state index >= 15 is 0 Å². The molecule has 2 heterocycles. The van der Waals surface area contributed by atoms with E-state index in [-0.39, 0.29) is 18.5 Å². The number of carbonyl (C=O) groups is 1. The second-order valence-electron chi connectivity index (χ2n) is 5.54. The lowest BCUT2D eigenvalue weighted by atomic mass is 10.2. The number of carbonyl (C=O) groups excluding carboxylic acids is 1. The molecule has 0 spiro atoms. The smallest absolute Gasteiger partial charge is 0.249 e. The number of rotatable bonds is 4. The Hall–Kier alpha value is -2.63. The van der Waals surface area contributed by atoms with Gasteiger partial charge < -0.3 is 14.3 Å². The zero-order valence-electron chi connectivity index (χ0n) is 12.8. The Morgan fingerprint density at radius 3 is 2.77 bits per heavy atom. The fourth-order valence-corrected chi connectivity index (χ4v) is 2.48. The SMILES string of the molecule is Cc1nnc(-c2cn(CC(=O)NC(C)C)c3ccccc23)o1. The molecule has 1 amide bonds. The molecule has 2 aromatic heterocycles. The Kier molecular flexibility index (Phi) is 3.66. The van der Waals surface area contributed by atoms with Crippen LogP contribution in [0.3, 0.4) is 0 Å². The van der Waals surface area contributed by atoms with E-state index in [0.717, 1.165) is 16.5 Å². The molecule has 0 atom stereocenters. The van der Waals surface area contributed by atoms with Crippen LogP contribution in [0.4, 0.5) is 0 Å². The molecule has 0 aliphatic rings. The van der Waals surface area contributed by atoms with E-state index in [0.29, 0.717) is 11.8 Å². The van der Waals surface area contributed by atoms with E-state index in [2.05, 4.69) is 15.5 Å². The maximum atomic E-state index is 12.0. The highest BCUT2D eigenvalue weighted by Crippen LogP contribution is 2.29. The molecule has 0 saturated carbocycles. The van der Waals surface area contributed by atoms with Gasteiger partial charge in [0.1, 0.15) is 6.54 Å². The summed E-state index contributed by atoms with van der Waals surface area (Å²) >= 11 is 0. The molecular weight excluding hydrogens is 280 g/mol. The van der Waals surface area contributed by atoms with Crippen molar-refractivity contribution in [1.82, 2.24) is 20.1 Å². The molecule has 0 radical (unpaired) electrons. The van der Waals surface area contributed by atoms with Crippen molar-refractivity contribution in [2.45, 2.75) is 33.4 Å². The van der Waals surface area contributed by atoms with Gasteiger partial charge in [0.05, 0.1) is 5.56 Å². The number of benzene rings is 1. The van der Waals surface area contributed by atoms with Gasteiger partial charge in [-0.05, 0) is 19.9 Å². The lowest BCUT2D eigenvalue weighted by Gasteiger charge is -2.09. The minimum atomic E-state index is -0.0241. The molecule has 6 nitrogen and oxygen atoms in total. The second kappa shape index (κ2) is 5.63. The average Bonchev–Trinajstić information content (AvgIpc) is 3.03. The van der Waals surface area contributed by atoms with Crippen molar-refractivity contribution in [2.24, 2.45) is 0 Å². The Morgan fingerprint density at radius 1 is 1.32 bits per heavy atom. The Labute approximate surface area is 128 Å². The van der Waals surface area contributed by atoms with Gasteiger partial charge in [-0.1, -0.05) is 18.2 Å². The number of hydrogen-bond acceptors (Lipinski definition) is 4. The van der Waals surface area contributed by atoms with E-state index in [4.69, 9.17) is 4.42 Å². The summed E-state index contributed by atoms with van der Waals surface area (Å²) in [7, 11) is 0. The monoisotopic (exact) mass is 298 g/mol.